The van der Waals surface area contributed by atoms with Crippen molar-refractivity contribution < 1.29 is 18.7 Å². The van der Waals surface area contributed by atoms with Crippen LogP contribution in [0, 0.1) is 12.7 Å². The molecule has 0 atom stereocenters. The van der Waals surface area contributed by atoms with Crippen LogP contribution in [0.1, 0.15) is 23.6 Å². The first-order valence-corrected chi connectivity index (χ1v) is 11.8. The van der Waals surface area contributed by atoms with E-state index in [9.17, 15) is 9.18 Å². The molecule has 4 rings (SSSR count). The number of ether oxygens (including phenoxy) is 2. The van der Waals surface area contributed by atoms with Crippen LogP contribution in [0.2, 0.25) is 5.02 Å². The van der Waals surface area contributed by atoms with E-state index >= 15 is 0 Å². The van der Waals surface area contributed by atoms with Gasteiger partial charge in [-0.25, -0.2) is 9.38 Å². The molecule has 1 heterocycles. The van der Waals surface area contributed by atoms with Crippen molar-refractivity contribution in [3.63, 3.8) is 0 Å². The van der Waals surface area contributed by atoms with E-state index in [1.807, 2.05) is 38.1 Å². The zero-order valence-corrected chi connectivity index (χ0v) is 20.2. The maximum Gasteiger partial charge on any atom is 0.264 e. The maximum absolute atomic E-state index is 13.5. The number of amidine groups is 1. The van der Waals surface area contributed by atoms with Crippen LogP contribution in [0.3, 0.4) is 0 Å². The number of nitrogens with zero attached hydrogens (tertiary/aromatic N) is 1. The van der Waals surface area contributed by atoms with Crippen LogP contribution >= 0.6 is 23.4 Å². The normalized spacial score (nSPS) is 15.6. The Morgan fingerprint density at radius 1 is 1.12 bits per heavy atom. The van der Waals surface area contributed by atoms with E-state index in [-0.39, 0.29) is 18.3 Å². The second-order valence-electron chi connectivity index (χ2n) is 7.50. The van der Waals surface area contributed by atoms with Gasteiger partial charge in [-0.3, -0.25) is 4.79 Å². The van der Waals surface area contributed by atoms with E-state index in [1.165, 1.54) is 23.9 Å². The van der Waals surface area contributed by atoms with Gasteiger partial charge in [0.05, 0.1) is 22.2 Å². The van der Waals surface area contributed by atoms with Gasteiger partial charge >= 0.3 is 0 Å². The van der Waals surface area contributed by atoms with Gasteiger partial charge in [0.1, 0.15) is 12.4 Å². The predicted octanol–water partition coefficient (Wildman–Crippen LogP) is 6.66. The molecule has 0 aromatic heterocycles. The number of hydrogen-bond donors (Lipinski definition) is 1. The number of amides is 1. The lowest BCUT2D eigenvalue weighted by molar-refractivity contribution is -0.115. The fourth-order valence-electron chi connectivity index (χ4n) is 3.22. The number of halogens is 2. The summed E-state index contributed by atoms with van der Waals surface area (Å²) in [6.07, 6.45) is 1.72. The molecule has 1 aliphatic rings. The molecule has 0 spiro atoms. The lowest BCUT2D eigenvalue weighted by Crippen LogP contribution is -2.19. The number of benzene rings is 3. The highest BCUT2D eigenvalue weighted by Crippen LogP contribution is 2.39. The van der Waals surface area contributed by atoms with Crippen molar-refractivity contribution in [3.05, 3.63) is 93.1 Å². The maximum atomic E-state index is 13.5. The summed E-state index contributed by atoms with van der Waals surface area (Å²) in [5, 5.41) is 3.61. The molecule has 1 N–H and O–H groups in total. The molecule has 0 radical (unpaired) electrons. The molecule has 0 saturated carbocycles. The Hall–Kier alpha value is -3.29. The number of rotatable bonds is 7. The molecule has 1 amide bonds. The predicted molar refractivity (Wildman–Crippen MR) is 135 cm³/mol. The van der Waals surface area contributed by atoms with E-state index in [0.717, 1.165) is 11.3 Å². The van der Waals surface area contributed by atoms with Gasteiger partial charge in [-0.2, -0.15) is 0 Å². The number of carbonyl (C=O) groups is 1. The quantitative estimate of drug-likeness (QED) is 0.372. The average Bonchev–Trinajstić information content (AvgIpc) is 3.13. The van der Waals surface area contributed by atoms with Crippen LogP contribution in [0.5, 0.6) is 11.5 Å². The molecule has 0 bridgehead atoms. The summed E-state index contributed by atoms with van der Waals surface area (Å²) >= 11 is 7.75. The molecule has 1 fully saturated rings. The van der Waals surface area contributed by atoms with Crippen molar-refractivity contribution >= 4 is 46.2 Å². The van der Waals surface area contributed by atoms with Crippen LogP contribution in [-0.4, -0.2) is 17.7 Å². The zero-order chi connectivity index (χ0) is 24.1. The molecule has 34 heavy (non-hydrogen) atoms. The Labute approximate surface area is 206 Å². The molecule has 174 valence electrons. The van der Waals surface area contributed by atoms with Crippen LogP contribution in [0.4, 0.5) is 10.1 Å². The monoisotopic (exact) mass is 496 g/mol. The number of aliphatic imine (C=N–C) groups is 1. The molecule has 5 nitrogen and oxygen atoms in total. The van der Waals surface area contributed by atoms with Gasteiger partial charge in [-0.05, 0) is 79.2 Å². The Kier molecular flexibility index (Phi) is 7.55. The Morgan fingerprint density at radius 3 is 2.65 bits per heavy atom. The number of hydrogen-bond acceptors (Lipinski definition) is 5. The first kappa shape index (κ1) is 23.9. The van der Waals surface area contributed by atoms with Crippen LogP contribution in [0.15, 0.2) is 70.6 Å². The van der Waals surface area contributed by atoms with E-state index in [0.29, 0.717) is 44.3 Å². The lowest BCUT2D eigenvalue weighted by Gasteiger charge is -2.14. The van der Waals surface area contributed by atoms with Crippen molar-refractivity contribution in [2.45, 2.75) is 20.5 Å². The van der Waals surface area contributed by atoms with Crippen molar-refractivity contribution in [1.82, 2.24) is 5.32 Å². The van der Waals surface area contributed by atoms with Crippen LogP contribution in [-0.2, 0) is 11.4 Å². The molecule has 0 unspecified atom stereocenters. The van der Waals surface area contributed by atoms with Gasteiger partial charge < -0.3 is 14.8 Å². The van der Waals surface area contributed by atoms with E-state index < -0.39 is 0 Å². The molecule has 3 aromatic carbocycles. The number of carbonyl (C=O) groups excluding carboxylic acids is 1. The standard InChI is InChI=1S/C26H22ClFN2O3S/c1-3-32-22-13-18(12-21(27)24(22)33-15-17-5-4-6-19(28)11-17)14-23-25(31)30-26(34-23)29-20-9-7-16(2)8-10-20/h4-14H,3,15H2,1-2H3,(H,29,30,31)/b23-14-. The van der Waals surface area contributed by atoms with Crippen LogP contribution in [0.25, 0.3) is 6.08 Å². The second kappa shape index (κ2) is 10.8. The van der Waals surface area contributed by atoms with Gasteiger partial charge in [0, 0.05) is 0 Å². The third-order valence-corrected chi connectivity index (χ3v) is 6.01. The molecular formula is C26H22ClFN2O3S. The van der Waals surface area contributed by atoms with Crippen LogP contribution < -0.4 is 14.8 Å². The second-order valence-corrected chi connectivity index (χ2v) is 8.94. The summed E-state index contributed by atoms with van der Waals surface area (Å²) in [5.41, 5.74) is 3.25. The van der Waals surface area contributed by atoms with E-state index in [2.05, 4.69) is 10.3 Å². The highest BCUT2D eigenvalue weighted by molar-refractivity contribution is 8.18. The molecular weight excluding hydrogens is 475 g/mol. The Bertz CT molecular complexity index is 1280. The van der Waals surface area contributed by atoms with Gasteiger partial charge in [-0.15, -0.1) is 0 Å². The third-order valence-electron chi connectivity index (χ3n) is 4.82. The minimum absolute atomic E-state index is 0.134. The summed E-state index contributed by atoms with van der Waals surface area (Å²) < 4.78 is 25.0. The van der Waals surface area contributed by atoms with Gasteiger partial charge in [0.2, 0.25) is 0 Å². The largest absolute Gasteiger partial charge is 0.490 e. The lowest BCUT2D eigenvalue weighted by atomic mass is 10.1. The third kappa shape index (κ3) is 5.98. The van der Waals surface area contributed by atoms with Crippen molar-refractivity contribution in [1.29, 1.82) is 0 Å². The number of nitrogens with one attached hydrogen (secondary N) is 1. The first-order chi connectivity index (χ1) is 16.4. The highest BCUT2D eigenvalue weighted by atomic mass is 35.5. The molecule has 3 aromatic rings. The SMILES string of the molecule is CCOc1cc(/C=C2\SC(=Nc3ccc(C)cc3)NC2=O)cc(Cl)c1OCc1cccc(F)c1. The molecule has 1 saturated heterocycles. The summed E-state index contributed by atoms with van der Waals surface area (Å²) in [6, 6.07) is 17.3. The summed E-state index contributed by atoms with van der Waals surface area (Å²) in [6.45, 7) is 4.39. The topological polar surface area (TPSA) is 59.9 Å². The molecule has 0 aliphatic carbocycles. The zero-order valence-electron chi connectivity index (χ0n) is 18.6. The van der Waals surface area contributed by atoms with E-state index in [1.54, 1.807) is 30.3 Å². The average molecular weight is 497 g/mol. The summed E-state index contributed by atoms with van der Waals surface area (Å²) in [4.78, 5) is 17.5. The van der Waals surface area contributed by atoms with Crippen molar-refractivity contribution in [2.75, 3.05) is 6.61 Å². The van der Waals surface area contributed by atoms with Gasteiger partial charge in [0.15, 0.2) is 16.7 Å². The fourth-order valence-corrected chi connectivity index (χ4v) is 4.34. The first-order valence-electron chi connectivity index (χ1n) is 10.6. The number of thioether (sulfide) groups is 1. The Morgan fingerprint density at radius 2 is 1.91 bits per heavy atom. The minimum atomic E-state index is -0.336. The fraction of sp³-hybridized carbons (Fsp3) is 0.154. The minimum Gasteiger partial charge on any atom is -0.490 e. The van der Waals surface area contributed by atoms with Gasteiger partial charge in [-0.1, -0.05) is 41.4 Å². The molecule has 1 aliphatic heterocycles. The van der Waals surface area contributed by atoms with Crippen molar-refractivity contribution in [2.24, 2.45) is 4.99 Å². The smallest absolute Gasteiger partial charge is 0.264 e. The molecule has 8 heteroatoms. The van der Waals surface area contributed by atoms with Gasteiger partial charge in [0.25, 0.3) is 5.91 Å². The highest BCUT2D eigenvalue weighted by Gasteiger charge is 2.24. The van der Waals surface area contributed by atoms with E-state index in [4.69, 9.17) is 21.1 Å². The summed E-state index contributed by atoms with van der Waals surface area (Å²) in [5.74, 6) is 0.225. The van der Waals surface area contributed by atoms with Crippen molar-refractivity contribution in [3.8, 4) is 11.5 Å². The summed E-state index contributed by atoms with van der Waals surface area (Å²) in [7, 11) is 0. The number of aryl methyl sites for hydroxylation is 1. The Balaban J connectivity index is 1.55.